The van der Waals surface area contributed by atoms with Gasteiger partial charge in [0.25, 0.3) is 0 Å². The second-order valence-electron chi connectivity index (χ2n) is 3.88. The molecule has 1 aromatic heterocycles. The zero-order valence-corrected chi connectivity index (χ0v) is 10.9. The lowest BCUT2D eigenvalue weighted by Gasteiger charge is -2.01. The Hall–Kier alpha value is -1.39. The molecule has 2 aromatic rings. The number of aliphatic hydroxyl groups is 1. The van der Waals surface area contributed by atoms with Crippen molar-refractivity contribution in [2.75, 3.05) is 7.11 Å². The van der Waals surface area contributed by atoms with E-state index in [-0.39, 0.29) is 0 Å². The van der Waals surface area contributed by atoms with Gasteiger partial charge in [-0.3, -0.25) is 0 Å². The third kappa shape index (κ3) is 2.48. The molecule has 3 nitrogen and oxygen atoms in total. The molecule has 0 radical (unpaired) electrons. The highest BCUT2D eigenvalue weighted by atomic mass is 32.1. The zero-order valence-electron chi connectivity index (χ0n) is 10.1. The highest BCUT2D eigenvalue weighted by Crippen LogP contribution is 2.32. The van der Waals surface area contributed by atoms with Crippen LogP contribution in [0.5, 0.6) is 5.75 Å². The molecule has 1 heterocycles. The van der Waals surface area contributed by atoms with Crippen molar-refractivity contribution in [1.82, 2.24) is 4.98 Å². The molecule has 0 fully saturated rings. The Morgan fingerprint density at radius 1 is 1.41 bits per heavy atom. The molecule has 1 atom stereocenters. The van der Waals surface area contributed by atoms with E-state index in [2.05, 4.69) is 4.98 Å². The fourth-order valence-electron chi connectivity index (χ4n) is 1.68. The normalized spacial score (nSPS) is 12.5. The van der Waals surface area contributed by atoms with E-state index in [1.54, 1.807) is 14.0 Å². The summed E-state index contributed by atoms with van der Waals surface area (Å²) < 4.78 is 5.19. The SMILES string of the molecule is COc1cccc(-c2nc(C)c(C(C)O)s2)c1. The Kier molecular flexibility index (Phi) is 3.45. The molecule has 0 saturated heterocycles. The van der Waals surface area contributed by atoms with E-state index >= 15 is 0 Å². The van der Waals surface area contributed by atoms with Crippen molar-refractivity contribution in [3.63, 3.8) is 0 Å². The van der Waals surface area contributed by atoms with Crippen LogP contribution in [-0.4, -0.2) is 17.2 Å². The maximum Gasteiger partial charge on any atom is 0.124 e. The molecule has 1 aromatic carbocycles. The van der Waals surface area contributed by atoms with Crippen molar-refractivity contribution >= 4 is 11.3 Å². The lowest BCUT2D eigenvalue weighted by Crippen LogP contribution is -1.88. The summed E-state index contributed by atoms with van der Waals surface area (Å²) in [5, 5.41) is 10.5. The Morgan fingerprint density at radius 3 is 2.76 bits per heavy atom. The van der Waals surface area contributed by atoms with E-state index in [1.165, 1.54) is 11.3 Å². The fourth-order valence-corrected chi connectivity index (χ4v) is 2.68. The molecule has 0 saturated carbocycles. The summed E-state index contributed by atoms with van der Waals surface area (Å²) in [4.78, 5) is 5.40. The van der Waals surface area contributed by atoms with Crippen LogP contribution >= 0.6 is 11.3 Å². The molecule has 0 amide bonds. The van der Waals surface area contributed by atoms with Crippen molar-refractivity contribution < 1.29 is 9.84 Å². The first-order valence-electron chi connectivity index (χ1n) is 5.41. The van der Waals surface area contributed by atoms with Gasteiger partial charge in [-0.15, -0.1) is 11.3 Å². The van der Waals surface area contributed by atoms with Gasteiger partial charge < -0.3 is 9.84 Å². The minimum Gasteiger partial charge on any atom is -0.497 e. The number of rotatable bonds is 3. The third-order valence-corrected chi connectivity index (χ3v) is 3.91. The first-order valence-corrected chi connectivity index (χ1v) is 6.23. The van der Waals surface area contributed by atoms with Crippen LogP contribution in [0.4, 0.5) is 0 Å². The van der Waals surface area contributed by atoms with Crippen LogP contribution in [0.15, 0.2) is 24.3 Å². The number of aryl methyl sites for hydroxylation is 1. The molecule has 0 spiro atoms. The van der Waals surface area contributed by atoms with Crippen molar-refractivity contribution in [2.24, 2.45) is 0 Å². The quantitative estimate of drug-likeness (QED) is 0.908. The number of aromatic nitrogens is 1. The van der Waals surface area contributed by atoms with Gasteiger partial charge in [-0.05, 0) is 26.0 Å². The van der Waals surface area contributed by atoms with Gasteiger partial charge in [0.2, 0.25) is 0 Å². The first kappa shape index (κ1) is 12.1. The summed E-state index contributed by atoms with van der Waals surface area (Å²) in [5.41, 5.74) is 1.91. The van der Waals surface area contributed by atoms with Crippen LogP contribution in [0.3, 0.4) is 0 Å². The molecule has 90 valence electrons. The smallest absolute Gasteiger partial charge is 0.124 e. The average Bonchev–Trinajstić information content (AvgIpc) is 2.71. The minimum atomic E-state index is -0.466. The van der Waals surface area contributed by atoms with Gasteiger partial charge in [-0.2, -0.15) is 0 Å². The van der Waals surface area contributed by atoms with Gasteiger partial charge in [0.05, 0.1) is 23.8 Å². The van der Waals surface area contributed by atoms with Crippen LogP contribution in [0.1, 0.15) is 23.6 Å². The monoisotopic (exact) mass is 249 g/mol. The maximum atomic E-state index is 9.61. The summed E-state index contributed by atoms with van der Waals surface area (Å²) in [5.74, 6) is 0.814. The van der Waals surface area contributed by atoms with E-state index < -0.39 is 6.10 Å². The van der Waals surface area contributed by atoms with Crippen LogP contribution in [0, 0.1) is 6.92 Å². The number of ether oxygens (including phenoxy) is 1. The molecule has 0 aliphatic carbocycles. The lowest BCUT2D eigenvalue weighted by atomic mass is 10.2. The van der Waals surface area contributed by atoms with Crippen molar-refractivity contribution in [2.45, 2.75) is 20.0 Å². The van der Waals surface area contributed by atoms with Gasteiger partial charge in [-0.25, -0.2) is 4.98 Å². The number of hydrogen-bond acceptors (Lipinski definition) is 4. The number of thiazole rings is 1. The molecule has 4 heteroatoms. The number of hydrogen-bond donors (Lipinski definition) is 1. The van der Waals surface area contributed by atoms with Crippen molar-refractivity contribution in [3.8, 4) is 16.3 Å². The van der Waals surface area contributed by atoms with Gasteiger partial charge in [-0.1, -0.05) is 12.1 Å². The standard InChI is InChI=1S/C13H15NO2S/c1-8-12(9(2)15)17-13(14-8)10-5-4-6-11(7-10)16-3/h4-7,9,15H,1-3H3. The summed E-state index contributed by atoms with van der Waals surface area (Å²) in [6.07, 6.45) is -0.466. The second kappa shape index (κ2) is 4.85. The van der Waals surface area contributed by atoms with Crippen molar-refractivity contribution in [3.05, 3.63) is 34.8 Å². The molecule has 2 rings (SSSR count). The molecular weight excluding hydrogens is 234 g/mol. The van der Waals surface area contributed by atoms with Crippen LogP contribution in [0.2, 0.25) is 0 Å². The van der Waals surface area contributed by atoms with E-state index in [0.29, 0.717) is 0 Å². The van der Waals surface area contributed by atoms with Crippen LogP contribution < -0.4 is 4.74 Å². The summed E-state index contributed by atoms with van der Waals surface area (Å²) in [6.45, 7) is 3.68. The Morgan fingerprint density at radius 2 is 2.18 bits per heavy atom. The van der Waals surface area contributed by atoms with E-state index in [9.17, 15) is 5.11 Å². The van der Waals surface area contributed by atoms with Crippen LogP contribution in [0.25, 0.3) is 10.6 Å². The summed E-state index contributed by atoms with van der Waals surface area (Å²) in [7, 11) is 1.65. The molecule has 0 bridgehead atoms. The highest BCUT2D eigenvalue weighted by Gasteiger charge is 2.13. The molecular formula is C13H15NO2S. The minimum absolute atomic E-state index is 0.466. The largest absolute Gasteiger partial charge is 0.497 e. The Bertz CT molecular complexity index is 520. The maximum absolute atomic E-state index is 9.61. The number of benzene rings is 1. The van der Waals surface area contributed by atoms with Gasteiger partial charge in [0, 0.05) is 5.56 Å². The van der Waals surface area contributed by atoms with Crippen molar-refractivity contribution in [1.29, 1.82) is 0 Å². The topological polar surface area (TPSA) is 42.4 Å². The predicted octanol–water partition coefficient (Wildman–Crippen LogP) is 3.18. The zero-order chi connectivity index (χ0) is 12.4. The number of nitrogens with zero attached hydrogens (tertiary/aromatic N) is 1. The van der Waals surface area contributed by atoms with Crippen LogP contribution in [-0.2, 0) is 0 Å². The van der Waals surface area contributed by atoms with E-state index in [1.807, 2.05) is 31.2 Å². The third-order valence-electron chi connectivity index (χ3n) is 2.53. The number of methoxy groups -OCH3 is 1. The van der Waals surface area contributed by atoms with E-state index in [4.69, 9.17) is 4.74 Å². The fraction of sp³-hybridized carbons (Fsp3) is 0.308. The second-order valence-corrected chi connectivity index (χ2v) is 4.91. The predicted molar refractivity (Wildman–Crippen MR) is 69.5 cm³/mol. The highest BCUT2D eigenvalue weighted by molar-refractivity contribution is 7.15. The molecule has 1 N–H and O–H groups in total. The summed E-state index contributed by atoms with van der Waals surface area (Å²) >= 11 is 1.52. The summed E-state index contributed by atoms with van der Waals surface area (Å²) in [6, 6.07) is 7.78. The first-order chi connectivity index (χ1) is 8.11. The number of aliphatic hydroxyl groups excluding tert-OH is 1. The molecule has 17 heavy (non-hydrogen) atoms. The average molecular weight is 249 g/mol. The molecule has 0 aliphatic heterocycles. The van der Waals surface area contributed by atoms with Gasteiger partial charge in [0.1, 0.15) is 10.8 Å². The molecule has 1 unspecified atom stereocenters. The van der Waals surface area contributed by atoms with Gasteiger partial charge >= 0.3 is 0 Å². The Labute approximate surface area is 105 Å². The molecule has 0 aliphatic rings. The lowest BCUT2D eigenvalue weighted by molar-refractivity contribution is 0.202. The van der Waals surface area contributed by atoms with E-state index in [0.717, 1.165) is 26.9 Å². The Balaban J connectivity index is 2.42. The van der Waals surface area contributed by atoms with Gasteiger partial charge in [0.15, 0.2) is 0 Å².